The summed E-state index contributed by atoms with van der Waals surface area (Å²) in [7, 11) is 0. The zero-order valence-electron chi connectivity index (χ0n) is 19.9. The van der Waals surface area contributed by atoms with Gasteiger partial charge in [0.15, 0.2) is 11.8 Å². The normalized spacial score (nSPS) is 15.6. The van der Waals surface area contributed by atoms with Gasteiger partial charge in [-0.25, -0.2) is 4.98 Å². The number of benzene rings is 1. The molecule has 1 atom stereocenters. The average molecular weight is 554 g/mol. The van der Waals surface area contributed by atoms with Crippen LogP contribution in [0, 0.1) is 6.92 Å². The Morgan fingerprint density at radius 1 is 1.28 bits per heavy atom. The van der Waals surface area contributed by atoms with E-state index in [2.05, 4.69) is 50.4 Å². The Bertz CT molecular complexity index is 1430. The molecule has 1 unspecified atom stereocenters. The quantitative estimate of drug-likeness (QED) is 0.284. The first-order valence-corrected chi connectivity index (χ1v) is 12.6. The Kier molecular flexibility index (Phi) is 6.89. The highest BCUT2D eigenvalue weighted by molar-refractivity contribution is 9.10. The molecule has 0 spiro atoms. The van der Waals surface area contributed by atoms with E-state index in [4.69, 9.17) is 15.8 Å². The van der Waals surface area contributed by atoms with Gasteiger partial charge in [0, 0.05) is 48.4 Å². The molecule has 36 heavy (non-hydrogen) atoms. The number of carbonyl (C=O) groups is 1. The summed E-state index contributed by atoms with van der Waals surface area (Å²) in [6, 6.07) is 8.44. The number of rotatable bonds is 6. The smallest absolute Gasteiger partial charge is 0.253 e. The molecule has 4 heterocycles. The molecule has 11 heteroatoms. The van der Waals surface area contributed by atoms with E-state index >= 15 is 0 Å². The topological polar surface area (TPSA) is 142 Å². The van der Waals surface area contributed by atoms with E-state index < -0.39 is 18.6 Å². The predicted molar refractivity (Wildman–Crippen MR) is 140 cm³/mol. The number of aromatic nitrogens is 4. The largest absolute Gasteiger partial charge is 0.393 e. The second-order valence-corrected chi connectivity index (χ2v) is 9.94. The van der Waals surface area contributed by atoms with E-state index in [-0.39, 0.29) is 6.04 Å². The van der Waals surface area contributed by atoms with Gasteiger partial charge < -0.3 is 26.2 Å². The third-order valence-corrected chi connectivity index (χ3v) is 7.53. The van der Waals surface area contributed by atoms with Crippen LogP contribution in [0.2, 0.25) is 0 Å². The fraction of sp³-hybridized carbons (Fsp3) is 0.360. The second-order valence-electron chi connectivity index (χ2n) is 9.15. The average Bonchev–Trinajstić information content (AvgIpc) is 3.32. The fourth-order valence-electron chi connectivity index (χ4n) is 4.60. The van der Waals surface area contributed by atoms with Gasteiger partial charge in [-0.2, -0.15) is 9.61 Å². The molecular formula is C25H28BrN7O3. The maximum atomic E-state index is 12.1. The Morgan fingerprint density at radius 2 is 2.06 bits per heavy atom. The summed E-state index contributed by atoms with van der Waals surface area (Å²) in [5.74, 6) is 0.0382. The molecule has 0 bridgehead atoms. The number of nitrogens with zero attached hydrogens (tertiary/aromatic N) is 5. The number of halogens is 1. The SMILES string of the molecule is Cc1ccc2ncc(-c3cnn4c(N)c(Br)c(CNC5CCN(C(=O)C(O)CO)CC5)nc34)cc2c1. The highest BCUT2D eigenvalue weighted by atomic mass is 79.9. The first-order valence-electron chi connectivity index (χ1n) is 11.8. The Balaban J connectivity index is 1.36. The Morgan fingerprint density at radius 3 is 2.81 bits per heavy atom. The van der Waals surface area contributed by atoms with Crippen molar-refractivity contribution in [2.75, 3.05) is 25.4 Å². The van der Waals surface area contributed by atoms with Gasteiger partial charge in [-0.1, -0.05) is 11.6 Å². The maximum Gasteiger partial charge on any atom is 0.253 e. The molecule has 10 nitrogen and oxygen atoms in total. The van der Waals surface area contributed by atoms with Gasteiger partial charge in [0.25, 0.3) is 5.91 Å². The van der Waals surface area contributed by atoms with E-state index in [1.165, 1.54) is 5.56 Å². The number of likely N-dealkylation sites (tertiary alicyclic amines) is 1. The number of hydrogen-bond donors (Lipinski definition) is 4. The molecule has 0 saturated carbocycles. The van der Waals surface area contributed by atoms with Crippen molar-refractivity contribution >= 4 is 44.2 Å². The van der Waals surface area contributed by atoms with Crippen LogP contribution in [0.1, 0.15) is 24.1 Å². The number of carbonyl (C=O) groups excluding carboxylic acids is 1. The first kappa shape index (κ1) is 24.6. The van der Waals surface area contributed by atoms with Gasteiger partial charge in [-0.05, 0) is 53.9 Å². The standard InChI is InChI=1S/C25H28BrN7O3/c1-14-2-3-19-15(8-14)9-16(10-29-19)18-11-30-33-23(27)22(26)20(31-24(18)33)12-28-17-4-6-32(7-5-17)25(36)21(35)13-34/h2-3,8-11,17,21,28,34-35H,4-7,12-13,27H2,1H3. The van der Waals surface area contributed by atoms with E-state index in [9.17, 15) is 9.90 Å². The van der Waals surface area contributed by atoms with Crippen molar-refractivity contribution in [2.24, 2.45) is 0 Å². The molecule has 1 fully saturated rings. The number of fused-ring (bicyclic) bond motifs is 2. The van der Waals surface area contributed by atoms with Crippen molar-refractivity contribution < 1.29 is 15.0 Å². The molecule has 1 aliphatic rings. The van der Waals surface area contributed by atoms with Gasteiger partial charge in [0.1, 0.15) is 5.82 Å². The van der Waals surface area contributed by atoms with Crippen LogP contribution in [-0.4, -0.2) is 72.4 Å². The third kappa shape index (κ3) is 4.66. The minimum atomic E-state index is -1.35. The molecule has 4 aromatic rings. The van der Waals surface area contributed by atoms with Crippen LogP contribution in [-0.2, 0) is 11.3 Å². The summed E-state index contributed by atoms with van der Waals surface area (Å²) in [6.07, 6.45) is 3.71. The Hall–Kier alpha value is -3.12. The summed E-state index contributed by atoms with van der Waals surface area (Å²) in [6.45, 7) is 3.01. The molecule has 1 aliphatic heterocycles. The monoisotopic (exact) mass is 553 g/mol. The summed E-state index contributed by atoms with van der Waals surface area (Å²) < 4.78 is 2.31. The number of aliphatic hydroxyl groups is 2. The van der Waals surface area contributed by atoms with Crippen molar-refractivity contribution in [1.82, 2.24) is 29.8 Å². The van der Waals surface area contributed by atoms with Crippen molar-refractivity contribution in [3.63, 3.8) is 0 Å². The molecule has 1 saturated heterocycles. The Labute approximate surface area is 216 Å². The molecule has 0 aliphatic carbocycles. The number of nitrogens with one attached hydrogen (secondary N) is 1. The second kappa shape index (κ2) is 10.1. The van der Waals surface area contributed by atoms with Crippen LogP contribution in [0.5, 0.6) is 0 Å². The minimum Gasteiger partial charge on any atom is -0.393 e. The number of nitrogen functional groups attached to an aromatic ring is 1. The number of aryl methyl sites for hydroxylation is 1. The molecule has 5 rings (SSSR count). The lowest BCUT2D eigenvalue weighted by atomic mass is 10.0. The van der Waals surface area contributed by atoms with Crippen molar-refractivity contribution in [3.05, 3.63) is 52.4 Å². The lowest BCUT2D eigenvalue weighted by Gasteiger charge is -2.33. The molecular weight excluding hydrogens is 526 g/mol. The van der Waals surface area contributed by atoms with Crippen molar-refractivity contribution in [1.29, 1.82) is 0 Å². The van der Waals surface area contributed by atoms with Gasteiger partial charge >= 0.3 is 0 Å². The zero-order valence-corrected chi connectivity index (χ0v) is 21.4. The molecule has 1 amide bonds. The number of nitrogens with two attached hydrogens (primary N) is 1. The molecule has 5 N–H and O–H groups in total. The number of anilines is 1. The summed E-state index contributed by atoms with van der Waals surface area (Å²) >= 11 is 3.58. The minimum absolute atomic E-state index is 0.184. The van der Waals surface area contributed by atoms with Gasteiger partial charge in [-0.3, -0.25) is 9.78 Å². The van der Waals surface area contributed by atoms with Crippen LogP contribution in [0.25, 0.3) is 27.7 Å². The highest BCUT2D eigenvalue weighted by Crippen LogP contribution is 2.31. The molecule has 0 radical (unpaired) electrons. The van der Waals surface area contributed by atoms with E-state index in [1.807, 2.05) is 18.3 Å². The number of aliphatic hydroxyl groups excluding tert-OH is 2. The van der Waals surface area contributed by atoms with Gasteiger partial charge in [0.05, 0.1) is 28.5 Å². The lowest BCUT2D eigenvalue weighted by molar-refractivity contribution is -0.143. The van der Waals surface area contributed by atoms with Crippen LogP contribution in [0.4, 0.5) is 5.82 Å². The fourth-order valence-corrected chi connectivity index (χ4v) is 4.99. The maximum absolute atomic E-state index is 12.1. The van der Waals surface area contributed by atoms with Crippen LogP contribution in [0.3, 0.4) is 0 Å². The number of amides is 1. The molecule has 188 valence electrons. The number of piperidine rings is 1. The number of hydrogen-bond acceptors (Lipinski definition) is 8. The van der Waals surface area contributed by atoms with Crippen LogP contribution >= 0.6 is 15.9 Å². The molecule has 3 aromatic heterocycles. The number of pyridine rings is 1. The van der Waals surface area contributed by atoms with E-state index in [0.717, 1.165) is 40.6 Å². The summed E-state index contributed by atoms with van der Waals surface area (Å²) in [5, 5.41) is 27.6. The first-order chi connectivity index (χ1) is 17.4. The highest BCUT2D eigenvalue weighted by Gasteiger charge is 2.27. The molecule has 1 aromatic carbocycles. The van der Waals surface area contributed by atoms with Crippen molar-refractivity contribution in [3.8, 4) is 11.1 Å². The van der Waals surface area contributed by atoms with Crippen LogP contribution < -0.4 is 11.1 Å². The van der Waals surface area contributed by atoms with Gasteiger partial charge in [0.2, 0.25) is 0 Å². The van der Waals surface area contributed by atoms with Gasteiger partial charge in [-0.15, -0.1) is 0 Å². The predicted octanol–water partition coefficient (Wildman–Crippen LogP) is 2.03. The third-order valence-electron chi connectivity index (χ3n) is 6.66. The van der Waals surface area contributed by atoms with Crippen LogP contribution in [0.15, 0.2) is 41.1 Å². The summed E-state index contributed by atoms with van der Waals surface area (Å²) in [4.78, 5) is 23.2. The van der Waals surface area contributed by atoms with Crippen molar-refractivity contribution in [2.45, 2.75) is 38.5 Å². The summed E-state index contributed by atoms with van der Waals surface area (Å²) in [5.41, 5.74) is 11.7. The zero-order chi connectivity index (χ0) is 25.4. The van der Waals surface area contributed by atoms with E-state index in [1.54, 1.807) is 15.6 Å². The lowest BCUT2D eigenvalue weighted by Crippen LogP contribution is -2.48. The van der Waals surface area contributed by atoms with E-state index in [0.29, 0.717) is 35.6 Å².